The fraction of sp³-hybridized carbons (Fsp3) is 0.235. The van der Waals surface area contributed by atoms with Gasteiger partial charge in [-0.15, -0.1) is 0 Å². The monoisotopic (exact) mass is 358 g/mol. The third kappa shape index (κ3) is 3.06. The quantitative estimate of drug-likeness (QED) is 0.638. The Morgan fingerprint density at radius 3 is 2.76 bits per heavy atom. The second-order valence-corrected chi connectivity index (χ2v) is 7.82. The van der Waals surface area contributed by atoms with Crippen LogP contribution in [0.3, 0.4) is 0 Å². The van der Waals surface area contributed by atoms with Crippen molar-refractivity contribution in [2.75, 3.05) is 24.5 Å². The van der Waals surface area contributed by atoms with Crippen LogP contribution in [0.15, 0.2) is 52.2 Å². The zero-order valence-electron chi connectivity index (χ0n) is 13.5. The zero-order chi connectivity index (χ0) is 17.4. The minimum Gasteiger partial charge on any atom is -0.370 e. The standard InChI is InChI=1S/C17H18N4O3S/c22-17-19-14-6-5-13(11-15(14)20-17)25(23,24)18-8-10-21-9-7-12-3-1-2-4-16(12)21/h1-6,11,18H,7-10H2,(H2,19,20,22). The van der Waals surface area contributed by atoms with E-state index in [2.05, 4.69) is 31.7 Å². The Kier molecular flexibility index (Phi) is 3.85. The molecule has 0 amide bonds. The molecule has 0 aliphatic carbocycles. The molecular formula is C17H18N4O3S. The first-order chi connectivity index (χ1) is 12.0. The van der Waals surface area contributed by atoms with Crippen LogP contribution in [0, 0.1) is 0 Å². The third-order valence-electron chi connectivity index (χ3n) is 4.45. The Morgan fingerprint density at radius 2 is 1.88 bits per heavy atom. The molecule has 0 spiro atoms. The van der Waals surface area contributed by atoms with Crippen molar-refractivity contribution >= 4 is 26.7 Å². The highest BCUT2D eigenvalue weighted by molar-refractivity contribution is 7.89. The van der Waals surface area contributed by atoms with Crippen molar-refractivity contribution in [2.45, 2.75) is 11.3 Å². The number of aromatic nitrogens is 2. The summed E-state index contributed by atoms with van der Waals surface area (Å²) in [4.78, 5) is 18.8. The summed E-state index contributed by atoms with van der Waals surface area (Å²) in [7, 11) is -3.62. The molecule has 1 aromatic heterocycles. The van der Waals surface area contributed by atoms with Gasteiger partial charge in [0, 0.05) is 25.3 Å². The Balaban J connectivity index is 1.45. The lowest BCUT2D eigenvalue weighted by molar-refractivity contribution is 0.581. The van der Waals surface area contributed by atoms with Crippen molar-refractivity contribution in [3.8, 4) is 0 Å². The lowest BCUT2D eigenvalue weighted by Gasteiger charge is -2.19. The van der Waals surface area contributed by atoms with Gasteiger partial charge in [0.2, 0.25) is 10.0 Å². The number of para-hydroxylation sites is 1. The van der Waals surface area contributed by atoms with Crippen LogP contribution in [0.5, 0.6) is 0 Å². The van der Waals surface area contributed by atoms with E-state index < -0.39 is 10.0 Å². The summed E-state index contributed by atoms with van der Waals surface area (Å²) in [6.45, 7) is 1.83. The Labute approximate surface area is 144 Å². The highest BCUT2D eigenvalue weighted by Crippen LogP contribution is 2.26. The van der Waals surface area contributed by atoms with Crippen LogP contribution in [0.25, 0.3) is 11.0 Å². The minimum absolute atomic E-state index is 0.136. The number of nitrogens with one attached hydrogen (secondary N) is 3. The second-order valence-electron chi connectivity index (χ2n) is 6.05. The van der Waals surface area contributed by atoms with Gasteiger partial charge < -0.3 is 14.9 Å². The SMILES string of the molecule is O=c1[nH]c2ccc(S(=O)(=O)NCCN3CCc4ccccc43)cc2[nH]1. The number of benzene rings is 2. The maximum absolute atomic E-state index is 12.5. The van der Waals surface area contributed by atoms with Gasteiger partial charge >= 0.3 is 5.69 Å². The van der Waals surface area contributed by atoms with E-state index in [9.17, 15) is 13.2 Å². The topological polar surface area (TPSA) is 98.1 Å². The summed E-state index contributed by atoms with van der Waals surface area (Å²) < 4.78 is 27.6. The molecule has 3 N–H and O–H groups in total. The number of imidazole rings is 1. The fourth-order valence-corrected chi connectivity index (χ4v) is 4.26. The van der Waals surface area contributed by atoms with Gasteiger partial charge in [0.05, 0.1) is 15.9 Å². The zero-order valence-corrected chi connectivity index (χ0v) is 14.3. The molecule has 8 heteroatoms. The fourth-order valence-electron chi connectivity index (χ4n) is 3.22. The van der Waals surface area contributed by atoms with Gasteiger partial charge in [-0.1, -0.05) is 18.2 Å². The maximum atomic E-state index is 12.5. The smallest absolute Gasteiger partial charge is 0.323 e. The summed E-state index contributed by atoms with van der Waals surface area (Å²) in [6.07, 6.45) is 0.987. The predicted octanol–water partition coefficient (Wildman–Crippen LogP) is 1.20. The molecule has 0 fully saturated rings. The third-order valence-corrected chi connectivity index (χ3v) is 5.91. The molecule has 0 saturated carbocycles. The predicted molar refractivity (Wildman–Crippen MR) is 96.5 cm³/mol. The Morgan fingerprint density at radius 1 is 1.08 bits per heavy atom. The van der Waals surface area contributed by atoms with Crippen LogP contribution in [0.4, 0.5) is 5.69 Å². The summed E-state index contributed by atoms with van der Waals surface area (Å²) >= 11 is 0. The Hall–Kier alpha value is -2.58. The molecule has 3 aromatic rings. The molecule has 0 saturated heterocycles. The summed E-state index contributed by atoms with van der Waals surface area (Å²) in [6, 6.07) is 12.7. The molecule has 0 atom stereocenters. The van der Waals surface area contributed by atoms with E-state index in [-0.39, 0.29) is 10.6 Å². The molecule has 25 heavy (non-hydrogen) atoms. The number of anilines is 1. The first-order valence-electron chi connectivity index (χ1n) is 8.07. The maximum Gasteiger partial charge on any atom is 0.323 e. The number of sulfonamides is 1. The van der Waals surface area contributed by atoms with E-state index >= 15 is 0 Å². The van der Waals surface area contributed by atoms with Crippen LogP contribution >= 0.6 is 0 Å². The molecule has 2 aromatic carbocycles. The number of rotatable bonds is 5. The Bertz CT molecular complexity index is 1080. The van der Waals surface area contributed by atoms with Gasteiger partial charge in [0.25, 0.3) is 0 Å². The molecule has 4 rings (SSSR count). The van der Waals surface area contributed by atoms with Crippen LogP contribution in [0.1, 0.15) is 5.56 Å². The van der Waals surface area contributed by atoms with Crippen LogP contribution in [-0.2, 0) is 16.4 Å². The van der Waals surface area contributed by atoms with Crippen molar-refractivity contribution in [1.82, 2.24) is 14.7 Å². The van der Waals surface area contributed by atoms with Gasteiger partial charge in [0.1, 0.15) is 0 Å². The largest absolute Gasteiger partial charge is 0.370 e. The number of hydrogen-bond acceptors (Lipinski definition) is 4. The lowest BCUT2D eigenvalue weighted by atomic mass is 10.2. The minimum atomic E-state index is -3.62. The lowest BCUT2D eigenvalue weighted by Crippen LogP contribution is -2.34. The van der Waals surface area contributed by atoms with E-state index in [1.807, 2.05) is 12.1 Å². The van der Waals surface area contributed by atoms with Crippen LogP contribution < -0.4 is 15.3 Å². The number of aromatic amines is 2. The van der Waals surface area contributed by atoms with E-state index in [0.29, 0.717) is 24.1 Å². The highest BCUT2D eigenvalue weighted by atomic mass is 32.2. The second kappa shape index (κ2) is 6.05. The van der Waals surface area contributed by atoms with E-state index in [0.717, 1.165) is 13.0 Å². The van der Waals surface area contributed by atoms with Crippen molar-refractivity contribution in [3.63, 3.8) is 0 Å². The van der Waals surface area contributed by atoms with Gasteiger partial charge in [-0.25, -0.2) is 17.9 Å². The van der Waals surface area contributed by atoms with E-state index in [1.165, 1.54) is 23.4 Å². The van der Waals surface area contributed by atoms with Gasteiger partial charge in [-0.2, -0.15) is 0 Å². The summed E-state index contributed by atoms with van der Waals surface area (Å²) in [5, 5.41) is 0. The summed E-state index contributed by atoms with van der Waals surface area (Å²) in [5.74, 6) is 0. The van der Waals surface area contributed by atoms with Gasteiger partial charge in [-0.3, -0.25) is 0 Å². The summed E-state index contributed by atoms with van der Waals surface area (Å²) in [5.41, 5.74) is 3.17. The highest BCUT2D eigenvalue weighted by Gasteiger charge is 2.19. The van der Waals surface area contributed by atoms with Crippen LogP contribution in [-0.4, -0.2) is 38.0 Å². The first-order valence-corrected chi connectivity index (χ1v) is 9.56. The van der Waals surface area contributed by atoms with Crippen LogP contribution in [0.2, 0.25) is 0 Å². The first kappa shape index (κ1) is 15.9. The average molecular weight is 358 g/mol. The number of hydrogen-bond donors (Lipinski definition) is 3. The molecule has 2 heterocycles. The number of H-pyrrole nitrogens is 2. The number of nitrogens with zero attached hydrogens (tertiary/aromatic N) is 1. The molecule has 7 nitrogen and oxygen atoms in total. The molecule has 1 aliphatic rings. The van der Waals surface area contributed by atoms with E-state index in [4.69, 9.17) is 0 Å². The molecular weight excluding hydrogens is 340 g/mol. The molecule has 0 radical (unpaired) electrons. The molecule has 130 valence electrons. The van der Waals surface area contributed by atoms with Crippen molar-refractivity contribution < 1.29 is 8.42 Å². The van der Waals surface area contributed by atoms with Gasteiger partial charge in [0.15, 0.2) is 0 Å². The number of fused-ring (bicyclic) bond motifs is 2. The van der Waals surface area contributed by atoms with Crippen molar-refractivity contribution in [3.05, 3.63) is 58.5 Å². The average Bonchev–Trinajstić information content (AvgIpc) is 3.16. The van der Waals surface area contributed by atoms with Crippen molar-refractivity contribution in [1.29, 1.82) is 0 Å². The normalized spacial score (nSPS) is 14.2. The van der Waals surface area contributed by atoms with E-state index in [1.54, 1.807) is 6.07 Å². The molecule has 0 bridgehead atoms. The van der Waals surface area contributed by atoms with Gasteiger partial charge in [-0.05, 0) is 36.2 Å². The van der Waals surface area contributed by atoms with Crippen molar-refractivity contribution in [2.24, 2.45) is 0 Å². The molecule has 1 aliphatic heterocycles. The molecule has 0 unspecified atom stereocenters.